The Bertz CT molecular complexity index is 1360. The highest BCUT2D eigenvalue weighted by Crippen LogP contribution is 2.22. The van der Waals surface area contributed by atoms with E-state index in [4.69, 9.17) is 10.5 Å². The van der Waals surface area contributed by atoms with Crippen LogP contribution >= 0.6 is 0 Å². The van der Waals surface area contributed by atoms with E-state index in [0.717, 1.165) is 24.0 Å². The molecule has 4 rings (SSSR count). The van der Waals surface area contributed by atoms with E-state index in [1.165, 1.54) is 11.6 Å². The van der Waals surface area contributed by atoms with E-state index in [9.17, 15) is 14.4 Å². The Labute approximate surface area is 190 Å². The lowest BCUT2D eigenvalue weighted by atomic mass is 10.1. The van der Waals surface area contributed by atoms with Crippen LogP contribution < -0.4 is 26.6 Å². The van der Waals surface area contributed by atoms with Crippen LogP contribution in [0.2, 0.25) is 0 Å². The van der Waals surface area contributed by atoms with Gasteiger partial charge in [0.1, 0.15) is 12.3 Å². The number of benzene rings is 1. The second-order valence-corrected chi connectivity index (χ2v) is 7.97. The number of hydrogen-bond donors (Lipinski definition) is 1. The van der Waals surface area contributed by atoms with Crippen LogP contribution in [0.5, 0.6) is 5.75 Å². The maximum Gasteiger partial charge on any atom is 0.333 e. The number of aromatic nitrogens is 4. The summed E-state index contributed by atoms with van der Waals surface area (Å²) in [5.41, 5.74) is 5.34. The maximum absolute atomic E-state index is 13.4. The molecule has 0 amide bonds. The van der Waals surface area contributed by atoms with Crippen LogP contribution in [0.4, 0.5) is 5.95 Å². The van der Waals surface area contributed by atoms with Crippen molar-refractivity contribution >= 4 is 23.1 Å². The smallest absolute Gasteiger partial charge is 0.333 e. The molecule has 172 valence electrons. The molecular formula is C23H26N6O4. The Morgan fingerprint density at radius 1 is 1.24 bits per heavy atom. The minimum atomic E-state index is -0.721. The van der Waals surface area contributed by atoms with E-state index in [-0.39, 0.29) is 23.8 Å². The van der Waals surface area contributed by atoms with Gasteiger partial charge in [-0.25, -0.2) is 14.2 Å². The molecular weight excluding hydrogens is 424 g/mol. The van der Waals surface area contributed by atoms with E-state index in [1.807, 2.05) is 4.90 Å². The van der Waals surface area contributed by atoms with Gasteiger partial charge in [0.25, 0.3) is 5.56 Å². The van der Waals surface area contributed by atoms with Gasteiger partial charge >= 0.3 is 11.7 Å². The molecule has 1 aliphatic rings. The Hall–Kier alpha value is -3.84. The van der Waals surface area contributed by atoms with Gasteiger partial charge in [-0.15, -0.1) is 5.92 Å². The summed E-state index contributed by atoms with van der Waals surface area (Å²) in [6, 6.07) is 8.48. The Balaban J connectivity index is 1.81. The predicted octanol–water partition coefficient (Wildman–Crippen LogP) is 0.453. The number of carbonyl (C=O) groups excluding carboxylic acids is 1. The number of hydrogen-bond acceptors (Lipinski definition) is 7. The number of carbonyl (C=O) groups is 1. The fourth-order valence-electron chi connectivity index (χ4n) is 4.02. The highest BCUT2D eigenvalue weighted by molar-refractivity contribution is 5.76. The summed E-state index contributed by atoms with van der Waals surface area (Å²) in [6.45, 7) is 2.74. The molecule has 1 unspecified atom stereocenters. The molecule has 3 heterocycles. The molecule has 0 saturated carbocycles. The van der Waals surface area contributed by atoms with E-state index in [0.29, 0.717) is 18.2 Å². The number of fused-ring (bicyclic) bond motifs is 1. The van der Waals surface area contributed by atoms with E-state index in [2.05, 4.69) is 16.8 Å². The van der Waals surface area contributed by atoms with Crippen molar-refractivity contribution in [3.63, 3.8) is 0 Å². The van der Waals surface area contributed by atoms with Crippen molar-refractivity contribution in [2.45, 2.75) is 38.9 Å². The molecule has 3 aromatic rings. The summed E-state index contributed by atoms with van der Waals surface area (Å²) in [5, 5.41) is 0. The minimum Gasteiger partial charge on any atom is -0.425 e. The predicted molar refractivity (Wildman–Crippen MR) is 124 cm³/mol. The number of para-hydroxylation sites is 1. The van der Waals surface area contributed by atoms with Gasteiger partial charge in [-0.3, -0.25) is 13.9 Å². The molecule has 1 aromatic carbocycles. The van der Waals surface area contributed by atoms with Gasteiger partial charge in [0.05, 0.1) is 6.54 Å². The number of esters is 1. The first-order valence-electron chi connectivity index (χ1n) is 10.8. The lowest BCUT2D eigenvalue weighted by Gasteiger charge is -2.31. The molecule has 1 atom stereocenters. The average Bonchev–Trinajstić information content (AvgIpc) is 3.19. The molecule has 0 bridgehead atoms. The summed E-state index contributed by atoms with van der Waals surface area (Å²) in [4.78, 5) is 45.5. The summed E-state index contributed by atoms with van der Waals surface area (Å²) >= 11 is 0. The number of anilines is 1. The summed E-state index contributed by atoms with van der Waals surface area (Å²) in [5.74, 6) is 5.97. The van der Waals surface area contributed by atoms with Gasteiger partial charge in [-0.1, -0.05) is 24.1 Å². The van der Waals surface area contributed by atoms with Crippen LogP contribution in [0.3, 0.4) is 0 Å². The van der Waals surface area contributed by atoms with Gasteiger partial charge in [-0.2, -0.15) is 4.98 Å². The largest absolute Gasteiger partial charge is 0.425 e. The van der Waals surface area contributed by atoms with Crippen molar-refractivity contribution in [1.82, 2.24) is 18.7 Å². The standard InChI is InChI=1S/C23H26N6O4/c1-3-4-13-28-19-20(25-22(28)27-12-8-9-16(24)14-27)26(2)23(32)29(21(19)31)15-18(30)33-17-10-6-5-7-11-17/h5-7,10-11,16H,8-9,12-15,24H2,1-2H3. The average molecular weight is 450 g/mol. The molecule has 10 nitrogen and oxygen atoms in total. The van der Waals surface area contributed by atoms with Gasteiger partial charge in [0, 0.05) is 26.2 Å². The molecule has 33 heavy (non-hydrogen) atoms. The number of nitrogens with two attached hydrogens (primary N) is 1. The first kappa shape index (κ1) is 22.4. The number of piperidine rings is 1. The lowest BCUT2D eigenvalue weighted by Crippen LogP contribution is -2.44. The third-order valence-electron chi connectivity index (χ3n) is 5.63. The van der Waals surface area contributed by atoms with E-state index < -0.39 is 23.8 Å². The van der Waals surface area contributed by atoms with Crippen LogP contribution in [0.25, 0.3) is 11.2 Å². The van der Waals surface area contributed by atoms with E-state index >= 15 is 0 Å². The van der Waals surface area contributed by atoms with Gasteiger partial charge < -0.3 is 15.4 Å². The van der Waals surface area contributed by atoms with Crippen LogP contribution in [0.15, 0.2) is 39.9 Å². The second-order valence-electron chi connectivity index (χ2n) is 7.97. The number of aryl methyl sites for hydroxylation is 1. The number of ether oxygens (including phenoxy) is 1. The first-order chi connectivity index (χ1) is 15.9. The third-order valence-corrected chi connectivity index (χ3v) is 5.63. The third kappa shape index (κ3) is 4.40. The summed E-state index contributed by atoms with van der Waals surface area (Å²) < 4.78 is 9.12. The number of imidazole rings is 1. The van der Waals surface area contributed by atoms with Gasteiger partial charge in [-0.05, 0) is 31.9 Å². The van der Waals surface area contributed by atoms with Gasteiger partial charge in [0.2, 0.25) is 5.95 Å². The zero-order valence-corrected chi connectivity index (χ0v) is 18.7. The maximum atomic E-state index is 13.4. The van der Waals surface area contributed by atoms with Crippen LogP contribution in [-0.2, 0) is 24.9 Å². The summed E-state index contributed by atoms with van der Waals surface area (Å²) in [7, 11) is 1.53. The molecule has 2 aromatic heterocycles. The Kier molecular flexibility index (Phi) is 6.33. The molecule has 1 saturated heterocycles. The van der Waals surface area contributed by atoms with Crippen molar-refractivity contribution in [2.75, 3.05) is 18.0 Å². The zero-order chi connectivity index (χ0) is 23.5. The Morgan fingerprint density at radius 2 is 2.00 bits per heavy atom. The molecule has 0 radical (unpaired) electrons. The molecule has 1 fully saturated rings. The van der Waals surface area contributed by atoms with Crippen molar-refractivity contribution in [3.05, 3.63) is 51.2 Å². The Morgan fingerprint density at radius 3 is 2.70 bits per heavy atom. The van der Waals surface area contributed by atoms with Crippen molar-refractivity contribution < 1.29 is 9.53 Å². The topological polar surface area (TPSA) is 117 Å². The monoisotopic (exact) mass is 450 g/mol. The molecule has 0 aliphatic carbocycles. The van der Waals surface area contributed by atoms with Crippen molar-refractivity contribution in [2.24, 2.45) is 12.8 Å². The van der Waals surface area contributed by atoms with Crippen LogP contribution in [-0.4, -0.2) is 43.8 Å². The minimum absolute atomic E-state index is 0.00231. The highest BCUT2D eigenvalue weighted by Gasteiger charge is 2.26. The number of nitrogens with zero attached hydrogens (tertiary/aromatic N) is 5. The zero-order valence-electron chi connectivity index (χ0n) is 18.7. The van der Waals surface area contributed by atoms with Crippen LogP contribution in [0, 0.1) is 11.8 Å². The fraction of sp³-hybridized carbons (Fsp3) is 0.391. The highest BCUT2D eigenvalue weighted by atomic mass is 16.5. The molecule has 10 heteroatoms. The second kappa shape index (κ2) is 9.34. The normalized spacial score (nSPS) is 15.8. The van der Waals surface area contributed by atoms with Crippen molar-refractivity contribution in [3.8, 4) is 17.6 Å². The fourth-order valence-corrected chi connectivity index (χ4v) is 4.02. The molecule has 1 aliphatic heterocycles. The quantitative estimate of drug-likeness (QED) is 0.341. The molecule has 2 N–H and O–H groups in total. The van der Waals surface area contributed by atoms with Crippen LogP contribution in [0.1, 0.15) is 19.8 Å². The summed E-state index contributed by atoms with van der Waals surface area (Å²) in [6.07, 6.45) is 1.82. The SMILES string of the molecule is CC#CCn1c(N2CCCC(N)C2)nc2c1c(=O)n(CC(=O)Oc1ccccc1)c(=O)n2C. The van der Waals surface area contributed by atoms with Crippen molar-refractivity contribution in [1.29, 1.82) is 0 Å². The number of rotatable bonds is 5. The first-order valence-corrected chi connectivity index (χ1v) is 10.8. The van der Waals surface area contributed by atoms with Gasteiger partial charge in [0.15, 0.2) is 11.2 Å². The lowest BCUT2D eigenvalue weighted by molar-refractivity contribution is -0.135. The molecule has 0 spiro atoms. The van der Waals surface area contributed by atoms with E-state index in [1.54, 1.807) is 41.8 Å².